The predicted molar refractivity (Wildman–Crippen MR) is 99.2 cm³/mol. The van der Waals surface area contributed by atoms with E-state index in [9.17, 15) is 19.1 Å². The lowest BCUT2D eigenvalue weighted by molar-refractivity contribution is -0.129. The lowest BCUT2D eigenvalue weighted by Crippen LogP contribution is -2.38. The Morgan fingerprint density at radius 2 is 1.89 bits per heavy atom. The van der Waals surface area contributed by atoms with E-state index in [1.54, 1.807) is 18.2 Å². The Bertz CT molecular complexity index is 916. The number of carbonyl (C=O) groups is 2. The SMILES string of the molecule is O=C(C1=C(O)C(=O)N(CCN2CCCC2)C1c1ccccc1F)c1ccco1. The first kappa shape index (κ1) is 18.4. The van der Waals surface area contributed by atoms with Crippen LogP contribution in [0.4, 0.5) is 4.39 Å². The monoisotopic (exact) mass is 384 g/mol. The molecule has 0 radical (unpaired) electrons. The summed E-state index contributed by atoms with van der Waals surface area (Å²) >= 11 is 0. The summed E-state index contributed by atoms with van der Waals surface area (Å²) in [5, 5.41) is 10.5. The van der Waals surface area contributed by atoms with Crippen molar-refractivity contribution >= 4 is 11.7 Å². The fourth-order valence-corrected chi connectivity index (χ4v) is 3.93. The maximum absolute atomic E-state index is 14.6. The highest BCUT2D eigenvalue weighted by molar-refractivity contribution is 6.15. The van der Waals surface area contributed by atoms with Crippen molar-refractivity contribution in [1.29, 1.82) is 0 Å². The van der Waals surface area contributed by atoms with Gasteiger partial charge >= 0.3 is 0 Å². The maximum atomic E-state index is 14.6. The number of Topliss-reactive ketones (excluding diaryl/α,β-unsaturated/α-hetero) is 1. The Kier molecular flexibility index (Phi) is 5.00. The number of furan rings is 1. The number of ketones is 1. The van der Waals surface area contributed by atoms with Crippen LogP contribution in [0.2, 0.25) is 0 Å². The molecule has 1 N–H and O–H groups in total. The number of hydrogen-bond acceptors (Lipinski definition) is 5. The molecule has 0 bridgehead atoms. The maximum Gasteiger partial charge on any atom is 0.290 e. The van der Waals surface area contributed by atoms with Crippen LogP contribution in [0.5, 0.6) is 0 Å². The van der Waals surface area contributed by atoms with E-state index in [2.05, 4.69) is 4.90 Å². The zero-order valence-corrected chi connectivity index (χ0v) is 15.3. The van der Waals surface area contributed by atoms with Gasteiger partial charge in [0.2, 0.25) is 5.78 Å². The number of rotatable bonds is 6. The Labute approximate surface area is 161 Å². The molecule has 1 fully saturated rings. The standard InChI is InChI=1S/C21H21FN2O4/c22-15-7-2-1-6-14(15)18-17(19(25)16-8-5-13-28-16)20(26)21(27)24(18)12-11-23-9-3-4-10-23/h1-2,5-8,13,18,26H,3-4,9-12H2. The minimum Gasteiger partial charge on any atom is -0.503 e. The third-order valence-electron chi connectivity index (χ3n) is 5.35. The molecule has 0 spiro atoms. The molecule has 3 heterocycles. The molecule has 1 amide bonds. The van der Waals surface area contributed by atoms with Gasteiger partial charge in [0.25, 0.3) is 5.91 Å². The second kappa shape index (κ2) is 7.59. The molecular formula is C21H21FN2O4. The van der Waals surface area contributed by atoms with Gasteiger partial charge in [-0.1, -0.05) is 18.2 Å². The summed E-state index contributed by atoms with van der Waals surface area (Å²) in [4.78, 5) is 29.3. The van der Waals surface area contributed by atoms with Crippen LogP contribution in [-0.4, -0.2) is 52.8 Å². The average molecular weight is 384 g/mol. The van der Waals surface area contributed by atoms with E-state index < -0.39 is 29.3 Å². The van der Waals surface area contributed by atoms with Gasteiger partial charge in [-0.05, 0) is 44.1 Å². The van der Waals surface area contributed by atoms with Gasteiger partial charge in [-0.2, -0.15) is 0 Å². The molecule has 2 aliphatic heterocycles. The molecule has 1 aromatic carbocycles. The van der Waals surface area contributed by atoms with Crippen molar-refractivity contribution in [3.8, 4) is 0 Å². The summed E-state index contributed by atoms with van der Waals surface area (Å²) in [6.45, 7) is 2.79. The van der Waals surface area contributed by atoms with Crippen LogP contribution in [0.15, 0.2) is 58.4 Å². The molecule has 1 unspecified atom stereocenters. The third-order valence-corrected chi connectivity index (χ3v) is 5.35. The number of benzene rings is 1. The summed E-state index contributed by atoms with van der Waals surface area (Å²) in [5.41, 5.74) is 0.0303. The van der Waals surface area contributed by atoms with Gasteiger partial charge in [0.1, 0.15) is 5.82 Å². The number of carbonyl (C=O) groups excluding carboxylic acids is 2. The molecule has 0 aliphatic carbocycles. The van der Waals surface area contributed by atoms with Crippen LogP contribution in [0, 0.1) is 5.82 Å². The molecule has 1 atom stereocenters. The van der Waals surface area contributed by atoms with Crippen LogP contribution in [-0.2, 0) is 4.79 Å². The summed E-state index contributed by atoms with van der Waals surface area (Å²) in [5.74, 6) is -2.46. The van der Waals surface area contributed by atoms with Crippen LogP contribution < -0.4 is 0 Å². The summed E-state index contributed by atoms with van der Waals surface area (Å²) in [6.07, 6.45) is 3.55. The van der Waals surface area contributed by atoms with Crippen molar-refractivity contribution < 1.29 is 23.5 Å². The number of hydrogen-bond donors (Lipinski definition) is 1. The van der Waals surface area contributed by atoms with E-state index in [0.717, 1.165) is 25.9 Å². The Morgan fingerprint density at radius 3 is 2.57 bits per heavy atom. The van der Waals surface area contributed by atoms with Gasteiger partial charge in [-0.3, -0.25) is 9.59 Å². The largest absolute Gasteiger partial charge is 0.503 e. The lowest BCUT2D eigenvalue weighted by Gasteiger charge is -2.28. The first-order valence-corrected chi connectivity index (χ1v) is 9.37. The van der Waals surface area contributed by atoms with E-state index in [1.165, 1.54) is 29.4 Å². The lowest BCUT2D eigenvalue weighted by atomic mass is 9.94. The topological polar surface area (TPSA) is 74.0 Å². The fourth-order valence-electron chi connectivity index (χ4n) is 3.93. The van der Waals surface area contributed by atoms with E-state index in [-0.39, 0.29) is 23.4 Å². The molecule has 1 saturated heterocycles. The number of aliphatic hydroxyl groups excluding tert-OH is 1. The molecule has 2 aliphatic rings. The molecular weight excluding hydrogens is 363 g/mol. The highest BCUT2D eigenvalue weighted by atomic mass is 19.1. The average Bonchev–Trinajstić information content (AvgIpc) is 3.44. The van der Waals surface area contributed by atoms with Gasteiger partial charge in [-0.15, -0.1) is 0 Å². The minimum absolute atomic E-state index is 0.00270. The van der Waals surface area contributed by atoms with Gasteiger partial charge in [0.15, 0.2) is 11.5 Å². The Hall–Kier alpha value is -2.93. The van der Waals surface area contributed by atoms with E-state index in [4.69, 9.17) is 4.42 Å². The second-order valence-electron chi connectivity index (χ2n) is 7.04. The number of nitrogens with zero attached hydrogens (tertiary/aromatic N) is 2. The number of aliphatic hydroxyl groups is 1. The highest BCUT2D eigenvalue weighted by Gasteiger charge is 2.45. The van der Waals surface area contributed by atoms with Crippen molar-refractivity contribution in [1.82, 2.24) is 9.80 Å². The smallest absolute Gasteiger partial charge is 0.290 e. The van der Waals surface area contributed by atoms with Gasteiger partial charge < -0.3 is 19.3 Å². The number of amides is 1. The summed E-state index contributed by atoms with van der Waals surface area (Å²) < 4.78 is 19.8. The molecule has 146 valence electrons. The quantitative estimate of drug-likeness (QED) is 0.775. The predicted octanol–water partition coefficient (Wildman–Crippen LogP) is 3.09. The third kappa shape index (κ3) is 3.22. The summed E-state index contributed by atoms with van der Waals surface area (Å²) in [6, 6.07) is 8.01. The van der Waals surface area contributed by atoms with E-state index in [1.807, 2.05) is 0 Å². The van der Waals surface area contributed by atoms with Crippen LogP contribution >= 0.6 is 0 Å². The molecule has 2 aromatic rings. The Morgan fingerprint density at radius 1 is 1.14 bits per heavy atom. The first-order chi connectivity index (χ1) is 13.6. The fraction of sp³-hybridized carbons (Fsp3) is 0.333. The normalized spacial score (nSPS) is 20.4. The van der Waals surface area contributed by atoms with Gasteiger partial charge in [0.05, 0.1) is 17.9 Å². The van der Waals surface area contributed by atoms with Crippen LogP contribution in [0.3, 0.4) is 0 Å². The Balaban J connectivity index is 1.71. The molecule has 1 aromatic heterocycles. The molecule has 4 rings (SSSR count). The first-order valence-electron chi connectivity index (χ1n) is 9.37. The molecule has 28 heavy (non-hydrogen) atoms. The molecule has 6 nitrogen and oxygen atoms in total. The van der Waals surface area contributed by atoms with Crippen molar-refractivity contribution in [2.75, 3.05) is 26.2 Å². The number of halogens is 1. The van der Waals surface area contributed by atoms with Crippen molar-refractivity contribution in [2.45, 2.75) is 18.9 Å². The zero-order chi connectivity index (χ0) is 19.7. The second-order valence-corrected chi connectivity index (χ2v) is 7.04. The van der Waals surface area contributed by atoms with Crippen LogP contribution in [0.25, 0.3) is 0 Å². The van der Waals surface area contributed by atoms with Crippen LogP contribution in [0.1, 0.15) is 35.0 Å². The van der Waals surface area contributed by atoms with Crippen molar-refractivity contribution in [3.63, 3.8) is 0 Å². The number of likely N-dealkylation sites (tertiary alicyclic amines) is 1. The highest BCUT2D eigenvalue weighted by Crippen LogP contribution is 2.39. The zero-order valence-electron chi connectivity index (χ0n) is 15.3. The molecule has 0 saturated carbocycles. The van der Waals surface area contributed by atoms with Crippen molar-refractivity contribution in [2.24, 2.45) is 0 Å². The van der Waals surface area contributed by atoms with E-state index in [0.29, 0.717) is 6.54 Å². The van der Waals surface area contributed by atoms with Gasteiger partial charge in [0, 0.05) is 18.7 Å². The van der Waals surface area contributed by atoms with E-state index >= 15 is 0 Å². The molecule has 7 heteroatoms. The minimum atomic E-state index is -0.992. The van der Waals surface area contributed by atoms with Gasteiger partial charge in [-0.25, -0.2) is 4.39 Å². The summed E-state index contributed by atoms with van der Waals surface area (Å²) in [7, 11) is 0. The van der Waals surface area contributed by atoms with Crippen molar-refractivity contribution in [3.05, 3.63) is 71.1 Å².